The van der Waals surface area contributed by atoms with Crippen molar-refractivity contribution in [1.82, 2.24) is 0 Å². The normalized spacial score (nSPS) is 25.2. The summed E-state index contributed by atoms with van der Waals surface area (Å²) in [6, 6.07) is 10.2. The Labute approximate surface area is 197 Å². The minimum atomic E-state index is -0.771. The van der Waals surface area contributed by atoms with E-state index in [1.54, 1.807) is 0 Å². The number of aliphatic hydroxyl groups is 2. The van der Waals surface area contributed by atoms with Gasteiger partial charge in [0, 0.05) is 12.8 Å². The quantitative estimate of drug-likeness (QED) is 0.193. The number of halogens is 1. The van der Waals surface area contributed by atoms with Crippen molar-refractivity contribution < 1.29 is 24.9 Å². The number of alkyl halides is 1. The van der Waals surface area contributed by atoms with Crippen LogP contribution in [0.5, 0.6) is 0 Å². The molecular weight excluding hydrogens is 428 g/mol. The highest BCUT2D eigenvalue weighted by atomic mass is 35.5. The maximum absolute atomic E-state index is 10.7. The lowest BCUT2D eigenvalue weighted by atomic mass is 9.85. The number of hydrogen-bond acceptors (Lipinski definition) is 4. The molecule has 0 heterocycles. The molecule has 32 heavy (non-hydrogen) atoms. The van der Waals surface area contributed by atoms with Crippen LogP contribution in [-0.4, -0.2) is 51.6 Å². The lowest BCUT2D eigenvalue weighted by molar-refractivity contribution is -0.137. The van der Waals surface area contributed by atoms with Crippen LogP contribution < -0.4 is 0 Å². The molecule has 0 bridgehead atoms. The predicted octanol–water partition coefficient (Wildman–Crippen LogP) is 4.97. The van der Waals surface area contributed by atoms with Crippen LogP contribution in [0.25, 0.3) is 0 Å². The van der Waals surface area contributed by atoms with E-state index in [1.807, 2.05) is 31.2 Å². The zero-order chi connectivity index (χ0) is 23.3. The highest BCUT2D eigenvalue weighted by molar-refractivity contribution is 6.20. The highest BCUT2D eigenvalue weighted by Crippen LogP contribution is 2.40. The van der Waals surface area contributed by atoms with E-state index in [0.717, 1.165) is 25.7 Å². The Hall–Kier alpha value is -1.40. The van der Waals surface area contributed by atoms with Gasteiger partial charge in [-0.1, -0.05) is 42.5 Å². The van der Waals surface area contributed by atoms with Gasteiger partial charge in [0.05, 0.1) is 30.3 Å². The third-order valence-electron chi connectivity index (χ3n) is 6.31. The number of aliphatic carboxylic acids is 1. The molecule has 0 aliphatic heterocycles. The number of unbranched alkanes of at least 4 members (excludes halogenated alkanes) is 1. The molecule has 2 rings (SSSR count). The third kappa shape index (κ3) is 10.0. The van der Waals surface area contributed by atoms with Crippen LogP contribution in [-0.2, 0) is 16.0 Å². The van der Waals surface area contributed by atoms with Crippen LogP contribution in [0.2, 0.25) is 0 Å². The first-order chi connectivity index (χ1) is 15.4. The van der Waals surface area contributed by atoms with Crippen molar-refractivity contribution in [2.75, 3.05) is 6.61 Å². The van der Waals surface area contributed by atoms with Gasteiger partial charge in [0.15, 0.2) is 0 Å². The molecule has 1 aromatic rings. The first-order valence-electron chi connectivity index (χ1n) is 11.9. The summed E-state index contributed by atoms with van der Waals surface area (Å²) in [5.74, 6) is -0.537. The SMILES string of the molecule is C[C@@H](Cl)CO[C@H]1C[C@@H](O)[C@H](CC[C@@H](O)CCc2ccccc2)[C@H]1C/C=C\CCCC(=O)O. The number of ether oxygens (including phenoxy) is 1. The Balaban J connectivity index is 1.87. The van der Waals surface area contributed by atoms with E-state index in [0.29, 0.717) is 32.3 Å². The summed E-state index contributed by atoms with van der Waals surface area (Å²) < 4.78 is 6.03. The number of aryl methyl sites for hydroxylation is 1. The van der Waals surface area contributed by atoms with E-state index in [9.17, 15) is 15.0 Å². The van der Waals surface area contributed by atoms with E-state index < -0.39 is 18.2 Å². The van der Waals surface area contributed by atoms with Gasteiger partial charge in [-0.3, -0.25) is 4.79 Å². The van der Waals surface area contributed by atoms with Gasteiger partial charge in [-0.15, -0.1) is 11.6 Å². The zero-order valence-corrected chi connectivity index (χ0v) is 19.9. The second kappa shape index (κ2) is 14.7. The van der Waals surface area contributed by atoms with Crippen molar-refractivity contribution in [2.24, 2.45) is 11.8 Å². The average molecular weight is 467 g/mol. The predicted molar refractivity (Wildman–Crippen MR) is 128 cm³/mol. The standard InChI is InChI=1S/C26H39ClO5/c1-19(27)18-32-25-17-24(29)22(23(25)11-7-2-3-8-12-26(30)31)16-15-21(28)14-13-20-9-5-4-6-10-20/h2,4-7,9-10,19,21-25,28-29H,3,8,11-18H2,1H3,(H,30,31)/b7-2-/t19-,21+,22-,23-,24-,25+/m1/s1. The van der Waals surface area contributed by atoms with Crippen molar-refractivity contribution in [1.29, 1.82) is 0 Å². The van der Waals surface area contributed by atoms with E-state index >= 15 is 0 Å². The fourth-order valence-electron chi connectivity index (χ4n) is 4.58. The van der Waals surface area contributed by atoms with Crippen LogP contribution in [0.1, 0.15) is 63.9 Å². The third-order valence-corrected chi connectivity index (χ3v) is 6.44. The van der Waals surface area contributed by atoms with Crippen molar-refractivity contribution in [2.45, 2.75) is 88.4 Å². The van der Waals surface area contributed by atoms with Gasteiger partial charge < -0.3 is 20.1 Å². The first-order valence-corrected chi connectivity index (χ1v) is 12.3. The molecule has 0 saturated heterocycles. The van der Waals surface area contributed by atoms with Crippen LogP contribution in [0.3, 0.4) is 0 Å². The summed E-state index contributed by atoms with van der Waals surface area (Å²) in [4.78, 5) is 10.6. The largest absolute Gasteiger partial charge is 0.481 e. The van der Waals surface area contributed by atoms with E-state index in [2.05, 4.69) is 18.2 Å². The number of rotatable bonds is 15. The van der Waals surface area contributed by atoms with Gasteiger partial charge in [0.1, 0.15) is 0 Å². The van der Waals surface area contributed by atoms with Gasteiger partial charge in [-0.2, -0.15) is 0 Å². The molecule has 3 N–H and O–H groups in total. The van der Waals surface area contributed by atoms with E-state index in [4.69, 9.17) is 21.4 Å². The summed E-state index contributed by atoms with van der Waals surface area (Å²) in [5, 5.41) is 29.9. The van der Waals surface area contributed by atoms with Gasteiger partial charge in [-0.05, 0) is 69.3 Å². The molecule has 1 saturated carbocycles. The number of carboxylic acids is 1. The summed E-state index contributed by atoms with van der Waals surface area (Å²) in [5.41, 5.74) is 1.22. The Morgan fingerprint density at radius 3 is 2.66 bits per heavy atom. The summed E-state index contributed by atoms with van der Waals surface area (Å²) in [6.45, 7) is 2.34. The number of carboxylic acid groups (broad SMARTS) is 1. The first kappa shape index (κ1) is 26.8. The molecule has 6 heteroatoms. The molecule has 0 radical (unpaired) electrons. The van der Waals surface area contributed by atoms with Crippen molar-refractivity contribution >= 4 is 17.6 Å². The number of allylic oxidation sites excluding steroid dienone is 2. The second-order valence-electron chi connectivity index (χ2n) is 9.03. The lowest BCUT2D eigenvalue weighted by Crippen LogP contribution is -2.26. The Morgan fingerprint density at radius 2 is 1.97 bits per heavy atom. The number of carbonyl (C=O) groups is 1. The van der Waals surface area contributed by atoms with Crippen molar-refractivity contribution in [3.05, 3.63) is 48.0 Å². The fourth-order valence-corrected chi connectivity index (χ4v) is 4.65. The molecule has 0 spiro atoms. The Kier molecular flexibility index (Phi) is 12.3. The molecule has 0 amide bonds. The zero-order valence-electron chi connectivity index (χ0n) is 19.1. The van der Waals surface area contributed by atoms with Gasteiger partial charge >= 0.3 is 5.97 Å². The van der Waals surface area contributed by atoms with Crippen LogP contribution in [0.4, 0.5) is 0 Å². The van der Waals surface area contributed by atoms with Crippen LogP contribution in [0.15, 0.2) is 42.5 Å². The summed E-state index contributed by atoms with van der Waals surface area (Å²) in [6.07, 6.45) is 9.09. The molecule has 5 nitrogen and oxygen atoms in total. The summed E-state index contributed by atoms with van der Waals surface area (Å²) in [7, 11) is 0. The second-order valence-corrected chi connectivity index (χ2v) is 9.78. The van der Waals surface area contributed by atoms with Gasteiger partial charge in [0.2, 0.25) is 0 Å². The minimum Gasteiger partial charge on any atom is -0.481 e. The Morgan fingerprint density at radius 1 is 1.22 bits per heavy atom. The maximum atomic E-state index is 10.7. The molecular formula is C26H39ClO5. The van der Waals surface area contributed by atoms with Gasteiger partial charge in [0.25, 0.3) is 0 Å². The molecule has 1 aliphatic rings. The smallest absolute Gasteiger partial charge is 0.303 e. The molecule has 0 aromatic heterocycles. The molecule has 1 fully saturated rings. The van der Waals surface area contributed by atoms with Crippen molar-refractivity contribution in [3.8, 4) is 0 Å². The van der Waals surface area contributed by atoms with Crippen molar-refractivity contribution in [3.63, 3.8) is 0 Å². The molecule has 1 aromatic carbocycles. The monoisotopic (exact) mass is 466 g/mol. The Bertz CT molecular complexity index is 678. The number of benzene rings is 1. The van der Waals surface area contributed by atoms with E-state index in [1.165, 1.54) is 5.56 Å². The molecule has 0 unspecified atom stereocenters. The maximum Gasteiger partial charge on any atom is 0.303 e. The van der Waals surface area contributed by atoms with Gasteiger partial charge in [-0.25, -0.2) is 0 Å². The van der Waals surface area contributed by atoms with Crippen LogP contribution in [0, 0.1) is 11.8 Å². The minimum absolute atomic E-state index is 0.0543. The number of hydrogen-bond donors (Lipinski definition) is 3. The highest BCUT2D eigenvalue weighted by Gasteiger charge is 2.42. The topological polar surface area (TPSA) is 87.0 Å². The average Bonchev–Trinajstić information content (AvgIpc) is 3.06. The number of aliphatic hydroxyl groups excluding tert-OH is 2. The van der Waals surface area contributed by atoms with E-state index in [-0.39, 0.29) is 29.7 Å². The fraction of sp³-hybridized carbons (Fsp3) is 0.654. The summed E-state index contributed by atoms with van der Waals surface area (Å²) >= 11 is 6.07. The molecule has 180 valence electrons. The van der Waals surface area contributed by atoms with Crippen LogP contribution >= 0.6 is 11.6 Å². The molecule has 6 atom stereocenters. The molecule has 1 aliphatic carbocycles. The lowest BCUT2D eigenvalue weighted by Gasteiger charge is -2.26.